The molecule has 0 aromatic carbocycles. The van der Waals surface area contributed by atoms with E-state index in [4.69, 9.17) is 14.7 Å². The maximum atomic E-state index is 7.27. The van der Waals surface area contributed by atoms with Gasteiger partial charge in [-0.2, -0.15) is 14.7 Å². The van der Waals surface area contributed by atoms with E-state index in [0.29, 0.717) is 0 Å². The van der Waals surface area contributed by atoms with Gasteiger partial charge in [-0.3, -0.25) is 0 Å². The van der Waals surface area contributed by atoms with E-state index in [2.05, 4.69) is 0 Å². The van der Waals surface area contributed by atoms with Gasteiger partial charge >= 0.3 is 54.2 Å². The molecule has 0 rings (SSSR count). The van der Waals surface area contributed by atoms with Crippen molar-refractivity contribution in [3.63, 3.8) is 0 Å². The molecule has 0 saturated carbocycles. The predicted molar refractivity (Wildman–Crippen MR) is 43.4 cm³/mol. The van der Waals surface area contributed by atoms with Crippen LogP contribution >= 0.6 is 8.60 Å². The molecule has 0 saturated heterocycles. The van der Waals surface area contributed by atoms with E-state index in [1.165, 1.54) is 0 Å². The van der Waals surface area contributed by atoms with Gasteiger partial charge in [0.05, 0.1) is 0 Å². The van der Waals surface area contributed by atoms with E-state index in [1.807, 2.05) is 0 Å². The van der Waals surface area contributed by atoms with Crippen molar-refractivity contribution < 1.29 is 14.7 Å². The molecule has 3 nitrogen and oxygen atoms in total. The summed E-state index contributed by atoms with van der Waals surface area (Å²) < 4.78 is 0. The van der Waals surface area contributed by atoms with Crippen molar-refractivity contribution >= 4 is 71.6 Å². The van der Waals surface area contributed by atoms with Gasteiger partial charge in [-0.15, -0.1) is 0 Å². The first-order chi connectivity index (χ1) is 1.73. The summed E-state index contributed by atoms with van der Waals surface area (Å²) in [5, 5.41) is 0. The zero-order valence-corrected chi connectivity index (χ0v) is 8.04. The van der Waals surface area contributed by atoms with Gasteiger partial charge in [-0.1, -0.05) is 0 Å². The SMILES string of the molecule is O[PH+](O)O.[AlH3].[GaH2].[InH3]. The van der Waals surface area contributed by atoms with Crippen LogP contribution in [0.2, 0.25) is 0 Å². The topological polar surface area (TPSA) is 60.7 Å². The summed E-state index contributed by atoms with van der Waals surface area (Å²) >= 11 is 0. The van der Waals surface area contributed by atoms with Crippen molar-refractivity contribution in [2.45, 2.75) is 0 Å². The molecule has 0 aliphatic rings. The van der Waals surface area contributed by atoms with E-state index in [0.717, 1.165) is 0 Å². The predicted octanol–water partition coefficient (Wildman–Crippen LogP) is -4.36. The van der Waals surface area contributed by atoms with Gasteiger partial charge in [0.2, 0.25) is 0 Å². The zero-order chi connectivity index (χ0) is 3.58. The van der Waals surface area contributed by atoms with Crippen molar-refractivity contribution in [2.75, 3.05) is 0 Å². The molecule has 0 aliphatic heterocycles. The van der Waals surface area contributed by atoms with Gasteiger partial charge in [0.1, 0.15) is 0 Å². The first-order valence-corrected chi connectivity index (χ1v) is 2.01. The number of rotatable bonds is 0. The van der Waals surface area contributed by atoms with E-state index in [1.54, 1.807) is 0 Å². The van der Waals surface area contributed by atoms with E-state index < -0.39 is 8.60 Å². The summed E-state index contributed by atoms with van der Waals surface area (Å²) in [6.45, 7) is 0. The second-order valence-corrected chi connectivity index (χ2v) is 0.900. The number of hydrogen-bond donors (Lipinski definition) is 3. The van der Waals surface area contributed by atoms with Crippen LogP contribution in [0.15, 0.2) is 0 Å². The van der Waals surface area contributed by atoms with Gasteiger partial charge < -0.3 is 0 Å². The fourth-order valence-electron chi connectivity index (χ4n) is 0. The Balaban J connectivity index is -0.0000000150. The van der Waals surface area contributed by atoms with E-state index in [9.17, 15) is 0 Å². The van der Waals surface area contributed by atoms with Crippen LogP contribution in [0.5, 0.6) is 0 Å². The van der Waals surface area contributed by atoms with Crippen molar-refractivity contribution in [2.24, 2.45) is 0 Å². The second kappa shape index (κ2) is 15.8. The van der Waals surface area contributed by atoms with E-state index in [-0.39, 0.29) is 63.0 Å². The molecule has 0 heterocycles. The molecule has 0 amide bonds. The molecule has 0 bridgehead atoms. The summed E-state index contributed by atoms with van der Waals surface area (Å²) in [6, 6.07) is 0. The molecule has 1 radical (unpaired) electrons. The molecule has 7 heavy (non-hydrogen) atoms. The third-order valence-electron chi connectivity index (χ3n) is 0. The minimum atomic E-state index is -2.88. The first kappa shape index (κ1) is 22.8. The molecule has 0 aromatic rings. The molecule has 7 heteroatoms. The molecule has 0 aliphatic carbocycles. The molecule has 0 fully saturated rings. The van der Waals surface area contributed by atoms with Crippen LogP contribution < -0.4 is 0 Å². The summed E-state index contributed by atoms with van der Waals surface area (Å²) in [5.74, 6) is 0. The van der Waals surface area contributed by atoms with Gasteiger partial charge in [0, 0.05) is 0 Å². The molecule has 0 aromatic heterocycles. The van der Waals surface area contributed by atoms with Gasteiger partial charge in [-0.25, -0.2) is 0 Å². The molecular formula is H12AlGaInO3P+. The van der Waals surface area contributed by atoms with Crippen LogP contribution in [0.4, 0.5) is 0 Å². The van der Waals surface area contributed by atoms with Crippen molar-refractivity contribution in [1.29, 1.82) is 0 Å². The molecule has 0 unspecified atom stereocenters. The summed E-state index contributed by atoms with van der Waals surface area (Å²) in [4.78, 5) is 21.8. The van der Waals surface area contributed by atoms with Gasteiger partial charge in [0.25, 0.3) is 0 Å². The standard InChI is InChI=1S/Al.Ga.In.H4O3P.8H/c;;;1-4(2)3;;;;;;;;/h;;;1-4H;;;;;;;;/q;;;+1;;;;;;;;. The second-order valence-electron chi connectivity index (χ2n) is 0.300. The van der Waals surface area contributed by atoms with Crippen LogP contribution in [0.1, 0.15) is 0 Å². The van der Waals surface area contributed by atoms with Crippen LogP contribution in [0.3, 0.4) is 0 Å². The minimum absolute atomic E-state index is 0. The monoisotopic (exact) mass is 302 g/mol. The van der Waals surface area contributed by atoms with Crippen molar-refractivity contribution in [3.05, 3.63) is 0 Å². The molecular weight excluding hydrogens is 290 g/mol. The third kappa shape index (κ3) is 61.0. The molecule has 3 N–H and O–H groups in total. The van der Waals surface area contributed by atoms with Gasteiger partial charge in [0.15, 0.2) is 17.4 Å². The average Bonchev–Trinajstić information content (AvgIpc) is 0.811. The zero-order valence-electron chi connectivity index (χ0n) is 2.84. The molecule has 0 atom stereocenters. The first-order valence-electron chi connectivity index (χ1n) is 0.671. The van der Waals surface area contributed by atoms with E-state index >= 15 is 0 Å². The Labute approximate surface area is 85.5 Å². The Bertz CT molecular complexity index is 19.7. The fourth-order valence-corrected chi connectivity index (χ4v) is 0. The Hall–Kier alpha value is 2.35. The van der Waals surface area contributed by atoms with Crippen LogP contribution in [-0.4, -0.2) is 77.7 Å². The Kier molecular flexibility index (Phi) is 51.3. The van der Waals surface area contributed by atoms with Crippen molar-refractivity contribution in [1.82, 2.24) is 0 Å². The third-order valence-corrected chi connectivity index (χ3v) is 0. The molecule has 0 spiro atoms. The Morgan fingerprint density at radius 1 is 1.00 bits per heavy atom. The van der Waals surface area contributed by atoms with Crippen LogP contribution in [0, 0.1) is 0 Å². The summed E-state index contributed by atoms with van der Waals surface area (Å²) in [5.41, 5.74) is 0. The normalized spacial score (nSPS) is 5.14. The quantitative estimate of drug-likeness (QED) is 0.313. The van der Waals surface area contributed by atoms with Crippen molar-refractivity contribution in [3.8, 4) is 0 Å². The van der Waals surface area contributed by atoms with Crippen LogP contribution in [-0.2, 0) is 0 Å². The Morgan fingerprint density at radius 2 is 1.00 bits per heavy atom. The Morgan fingerprint density at radius 3 is 1.00 bits per heavy atom. The van der Waals surface area contributed by atoms with Crippen LogP contribution in [0.25, 0.3) is 0 Å². The summed E-state index contributed by atoms with van der Waals surface area (Å²) in [7, 11) is -2.88. The average molecular weight is 303 g/mol. The maximum absolute atomic E-state index is 7.27. The number of hydrogen-bond acceptors (Lipinski definition) is 3. The fraction of sp³-hybridized carbons (Fsp3) is 0. The molecule has 43 valence electrons. The van der Waals surface area contributed by atoms with Gasteiger partial charge in [-0.05, 0) is 0 Å². The summed E-state index contributed by atoms with van der Waals surface area (Å²) in [6.07, 6.45) is 0.